The van der Waals surface area contributed by atoms with Crippen molar-refractivity contribution < 1.29 is 44.3 Å². The summed E-state index contributed by atoms with van der Waals surface area (Å²) in [6.45, 7) is 1.65. The lowest BCUT2D eigenvalue weighted by molar-refractivity contribution is -0.383. The SMILES string of the molecule is COC(c1ccc(C(=O)NCc2ccc(S(=O)(=O)CC3CC3)cc2C)cc1)(C(F)(F)F)C(F)(F)F. The molecule has 2 aromatic carbocycles. The Hall–Kier alpha value is -2.60. The molecule has 0 atom stereocenters. The molecule has 2 aromatic rings. The number of amides is 1. The van der Waals surface area contributed by atoms with Crippen molar-refractivity contribution in [2.75, 3.05) is 12.9 Å². The number of benzene rings is 2. The van der Waals surface area contributed by atoms with Gasteiger partial charge in [0.1, 0.15) is 0 Å². The van der Waals surface area contributed by atoms with Crippen molar-refractivity contribution in [1.29, 1.82) is 0 Å². The molecule has 1 N–H and O–H groups in total. The molecule has 12 heteroatoms. The Bertz CT molecular complexity index is 1170. The van der Waals surface area contributed by atoms with Crippen molar-refractivity contribution in [3.05, 3.63) is 64.7 Å². The lowest BCUT2D eigenvalue weighted by Crippen LogP contribution is -2.55. The van der Waals surface area contributed by atoms with Gasteiger partial charge in [-0.05, 0) is 61.1 Å². The molecule has 0 heterocycles. The third kappa shape index (κ3) is 5.48. The monoisotopic (exact) mass is 523 g/mol. The maximum Gasteiger partial charge on any atom is 0.430 e. The fraction of sp³-hybridized carbons (Fsp3) is 0.435. The van der Waals surface area contributed by atoms with E-state index in [4.69, 9.17) is 0 Å². The number of rotatable bonds is 8. The predicted molar refractivity (Wildman–Crippen MR) is 114 cm³/mol. The van der Waals surface area contributed by atoms with E-state index in [1.807, 2.05) is 0 Å². The van der Waals surface area contributed by atoms with E-state index in [0.29, 0.717) is 30.4 Å². The smallest absolute Gasteiger partial charge is 0.357 e. The molecule has 1 amide bonds. The van der Waals surface area contributed by atoms with Crippen LogP contribution in [0.3, 0.4) is 0 Å². The Morgan fingerprint density at radius 2 is 1.57 bits per heavy atom. The van der Waals surface area contributed by atoms with E-state index in [9.17, 15) is 39.6 Å². The lowest BCUT2D eigenvalue weighted by Gasteiger charge is -2.36. The molecule has 0 aliphatic heterocycles. The van der Waals surface area contributed by atoms with Crippen LogP contribution < -0.4 is 5.32 Å². The largest absolute Gasteiger partial charge is 0.430 e. The van der Waals surface area contributed by atoms with Gasteiger partial charge in [-0.1, -0.05) is 18.2 Å². The van der Waals surface area contributed by atoms with Crippen molar-refractivity contribution in [2.24, 2.45) is 5.92 Å². The molecule has 1 saturated carbocycles. The van der Waals surface area contributed by atoms with E-state index >= 15 is 0 Å². The molecule has 1 fully saturated rings. The van der Waals surface area contributed by atoms with Crippen LogP contribution in [0.4, 0.5) is 26.3 Å². The number of hydrogen-bond donors (Lipinski definition) is 1. The maximum absolute atomic E-state index is 13.4. The second-order valence-corrected chi connectivity index (χ2v) is 10.5. The number of hydrogen-bond acceptors (Lipinski definition) is 4. The number of alkyl halides is 6. The van der Waals surface area contributed by atoms with Crippen molar-refractivity contribution in [1.82, 2.24) is 5.32 Å². The van der Waals surface area contributed by atoms with Crippen LogP contribution in [0.25, 0.3) is 0 Å². The molecule has 3 rings (SSSR count). The standard InChI is InChI=1S/C23H23F6NO4S/c1-14-11-19(35(32,33)13-15-3-4-15)10-7-17(14)12-30-20(31)16-5-8-18(9-6-16)21(34-2,22(24,25)26)23(27,28)29/h5-11,15H,3-4,12-13H2,1-2H3,(H,30,31). The van der Waals surface area contributed by atoms with Gasteiger partial charge in [-0.3, -0.25) is 4.79 Å². The summed E-state index contributed by atoms with van der Waals surface area (Å²) in [5, 5.41) is 2.53. The minimum atomic E-state index is -5.79. The fourth-order valence-electron chi connectivity index (χ4n) is 3.72. The number of halogens is 6. The van der Waals surface area contributed by atoms with Gasteiger partial charge in [0.2, 0.25) is 0 Å². The van der Waals surface area contributed by atoms with Crippen molar-refractivity contribution in [2.45, 2.75) is 49.2 Å². The third-order valence-electron chi connectivity index (χ3n) is 5.92. The summed E-state index contributed by atoms with van der Waals surface area (Å²) in [4.78, 5) is 12.6. The van der Waals surface area contributed by atoms with Crippen molar-refractivity contribution in [3.8, 4) is 0 Å². The summed E-state index contributed by atoms with van der Waals surface area (Å²) in [5.74, 6) is -0.457. The zero-order valence-electron chi connectivity index (χ0n) is 18.8. The lowest BCUT2D eigenvalue weighted by atomic mass is 9.91. The molecule has 0 aromatic heterocycles. The Kier molecular flexibility index (Phi) is 7.29. The molecule has 35 heavy (non-hydrogen) atoms. The highest BCUT2D eigenvalue weighted by atomic mass is 32.2. The van der Waals surface area contributed by atoms with Gasteiger partial charge in [0.15, 0.2) is 9.84 Å². The Balaban J connectivity index is 1.73. The van der Waals surface area contributed by atoms with Crippen LogP contribution in [-0.4, -0.2) is 39.5 Å². The molecular formula is C23H23F6NO4S. The van der Waals surface area contributed by atoms with Gasteiger partial charge < -0.3 is 10.1 Å². The van der Waals surface area contributed by atoms with Gasteiger partial charge in [-0.2, -0.15) is 26.3 Å². The van der Waals surface area contributed by atoms with Gasteiger partial charge in [0, 0.05) is 24.8 Å². The molecule has 0 bridgehead atoms. The topological polar surface area (TPSA) is 72.5 Å². The first kappa shape index (κ1) is 27.0. The first-order valence-electron chi connectivity index (χ1n) is 10.5. The number of carbonyl (C=O) groups is 1. The molecule has 192 valence electrons. The van der Waals surface area contributed by atoms with Gasteiger partial charge in [0.05, 0.1) is 10.6 Å². The zero-order chi connectivity index (χ0) is 26.2. The first-order chi connectivity index (χ1) is 16.1. The summed E-state index contributed by atoms with van der Waals surface area (Å²) < 4.78 is 109. The Morgan fingerprint density at radius 3 is 2.03 bits per heavy atom. The maximum atomic E-state index is 13.4. The number of ether oxygens (including phenoxy) is 1. The first-order valence-corrected chi connectivity index (χ1v) is 12.2. The summed E-state index contributed by atoms with van der Waals surface area (Å²) >= 11 is 0. The predicted octanol–water partition coefficient (Wildman–Crippen LogP) is 5.08. The normalized spacial score (nSPS) is 15.2. The minimum absolute atomic E-state index is 0.0253. The highest BCUT2D eigenvalue weighted by Gasteiger charge is 2.73. The van der Waals surface area contributed by atoms with E-state index < -0.39 is 39.3 Å². The zero-order valence-corrected chi connectivity index (χ0v) is 19.6. The van der Waals surface area contributed by atoms with E-state index in [1.54, 1.807) is 13.0 Å². The second-order valence-electron chi connectivity index (χ2n) is 8.45. The molecular weight excluding hydrogens is 500 g/mol. The molecule has 0 saturated heterocycles. The van der Waals surface area contributed by atoms with Crippen LogP contribution in [0.1, 0.15) is 39.9 Å². The minimum Gasteiger partial charge on any atom is -0.357 e. The van der Waals surface area contributed by atoms with Gasteiger partial charge in [-0.25, -0.2) is 8.42 Å². The summed E-state index contributed by atoms with van der Waals surface area (Å²) in [6.07, 6.45) is -9.80. The number of methoxy groups -OCH3 is 1. The third-order valence-corrected chi connectivity index (χ3v) is 7.81. The summed E-state index contributed by atoms with van der Waals surface area (Å²) in [5.41, 5.74) is -4.70. The van der Waals surface area contributed by atoms with E-state index in [2.05, 4.69) is 10.1 Å². The van der Waals surface area contributed by atoms with E-state index in [-0.39, 0.29) is 28.7 Å². The summed E-state index contributed by atoms with van der Waals surface area (Å²) in [6, 6.07) is 7.28. The number of aryl methyl sites for hydroxylation is 1. The van der Waals surface area contributed by atoms with Gasteiger partial charge in [0.25, 0.3) is 11.5 Å². The number of sulfone groups is 1. The van der Waals surface area contributed by atoms with Crippen LogP contribution in [0.2, 0.25) is 0 Å². The highest BCUT2D eigenvalue weighted by molar-refractivity contribution is 7.91. The number of nitrogens with one attached hydrogen (secondary N) is 1. The molecule has 1 aliphatic rings. The second kappa shape index (κ2) is 9.45. The van der Waals surface area contributed by atoms with Crippen LogP contribution in [0.15, 0.2) is 47.4 Å². The Labute approximate surface area is 198 Å². The van der Waals surface area contributed by atoms with Crippen LogP contribution in [0.5, 0.6) is 0 Å². The molecule has 0 radical (unpaired) electrons. The number of carbonyl (C=O) groups excluding carboxylic acids is 1. The molecule has 5 nitrogen and oxygen atoms in total. The van der Waals surface area contributed by atoms with Crippen LogP contribution in [-0.2, 0) is 26.7 Å². The molecule has 0 spiro atoms. The fourth-order valence-corrected chi connectivity index (χ4v) is 5.50. The van der Waals surface area contributed by atoms with Crippen LogP contribution in [0, 0.1) is 12.8 Å². The average molecular weight is 523 g/mol. The quantitative estimate of drug-likeness (QED) is 0.491. The highest BCUT2D eigenvalue weighted by Crippen LogP contribution is 2.52. The van der Waals surface area contributed by atoms with Crippen molar-refractivity contribution >= 4 is 15.7 Å². The molecule has 0 unspecified atom stereocenters. The average Bonchev–Trinajstić information content (AvgIpc) is 3.55. The van der Waals surface area contributed by atoms with Crippen molar-refractivity contribution in [3.63, 3.8) is 0 Å². The van der Waals surface area contributed by atoms with E-state index in [1.165, 1.54) is 12.1 Å². The molecule has 1 aliphatic carbocycles. The van der Waals surface area contributed by atoms with Crippen LogP contribution >= 0.6 is 0 Å². The van der Waals surface area contributed by atoms with E-state index in [0.717, 1.165) is 25.0 Å². The van der Waals surface area contributed by atoms with Gasteiger partial charge in [-0.15, -0.1) is 0 Å². The summed E-state index contributed by atoms with van der Waals surface area (Å²) in [7, 11) is -3.10. The Morgan fingerprint density at radius 1 is 1.00 bits per heavy atom. The van der Waals surface area contributed by atoms with Gasteiger partial charge >= 0.3 is 12.4 Å².